The molecule has 2 heterocycles. The second-order valence-electron chi connectivity index (χ2n) is 6.70. The molecule has 6 heteroatoms. The minimum Gasteiger partial charge on any atom is -0.393 e. The number of rotatable bonds is 5. The van der Waals surface area contributed by atoms with Gasteiger partial charge >= 0.3 is 0 Å². The van der Waals surface area contributed by atoms with Crippen LogP contribution < -0.4 is 5.32 Å². The van der Waals surface area contributed by atoms with Gasteiger partial charge in [0.2, 0.25) is 0 Å². The van der Waals surface area contributed by atoms with Gasteiger partial charge in [-0.2, -0.15) is 0 Å². The first-order valence-electron chi connectivity index (χ1n) is 8.42. The van der Waals surface area contributed by atoms with Crippen LogP contribution >= 0.6 is 0 Å². The molecule has 0 bridgehead atoms. The maximum absolute atomic E-state index is 12.6. The molecule has 2 N–H and O–H groups in total. The van der Waals surface area contributed by atoms with Gasteiger partial charge in [-0.15, -0.1) is 0 Å². The Balaban J connectivity index is 1.49. The summed E-state index contributed by atoms with van der Waals surface area (Å²) in [6.07, 6.45) is 8.27. The summed E-state index contributed by atoms with van der Waals surface area (Å²) in [5, 5.41) is 12.6. The van der Waals surface area contributed by atoms with E-state index in [-0.39, 0.29) is 24.0 Å². The molecule has 1 amide bonds. The predicted molar refractivity (Wildman–Crippen MR) is 87.2 cm³/mol. The molecule has 0 aliphatic heterocycles. The van der Waals surface area contributed by atoms with Gasteiger partial charge in [0.15, 0.2) is 0 Å². The zero-order valence-electron chi connectivity index (χ0n) is 13.3. The fourth-order valence-corrected chi connectivity index (χ4v) is 3.13. The van der Waals surface area contributed by atoms with Crippen LogP contribution in [0.3, 0.4) is 0 Å². The molecule has 124 valence electrons. The van der Waals surface area contributed by atoms with E-state index in [1.54, 1.807) is 18.6 Å². The summed E-state index contributed by atoms with van der Waals surface area (Å²) in [4.78, 5) is 25.6. The van der Waals surface area contributed by atoms with Crippen molar-refractivity contribution in [3.05, 3.63) is 53.9 Å². The summed E-state index contributed by atoms with van der Waals surface area (Å²) in [6.45, 7) is 0. The number of pyridine rings is 1. The Labute approximate surface area is 140 Å². The summed E-state index contributed by atoms with van der Waals surface area (Å²) in [7, 11) is 0. The largest absolute Gasteiger partial charge is 0.393 e. The number of carbonyl (C=O) groups excluding carboxylic acids is 1. The number of hydrogen-bond acceptors (Lipinski definition) is 5. The van der Waals surface area contributed by atoms with Crippen molar-refractivity contribution in [1.82, 2.24) is 20.3 Å². The van der Waals surface area contributed by atoms with Crippen molar-refractivity contribution >= 4 is 5.91 Å². The van der Waals surface area contributed by atoms with Crippen LogP contribution in [0.2, 0.25) is 0 Å². The van der Waals surface area contributed by atoms with E-state index >= 15 is 0 Å². The monoisotopic (exact) mass is 324 g/mol. The number of carbonyl (C=O) groups is 1. The average Bonchev–Trinajstić information content (AvgIpc) is 3.43. The van der Waals surface area contributed by atoms with E-state index in [0.717, 1.165) is 24.4 Å². The Morgan fingerprint density at radius 1 is 1.17 bits per heavy atom. The van der Waals surface area contributed by atoms with Gasteiger partial charge in [0.1, 0.15) is 5.82 Å². The minimum absolute atomic E-state index is 0.200. The third kappa shape index (κ3) is 3.14. The van der Waals surface area contributed by atoms with E-state index in [0.29, 0.717) is 24.3 Å². The SMILES string of the molecule is O=C(NC(c1ccccn1)C1CC(O)C1)c1cnc(C2CC2)nc1. The first-order chi connectivity index (χ1) is 11.7. The van der Waals surface area contributed by atoms with Crippen molar-refractivity contribution in [2.24, 2.45) is 5.92 Å². The van der Waals surface area contributed by atoms with Gasteiger partial charge in [-0.3, -0.25) is 9.78 Å². The smallest absolute Gasteiger partial charge is 0.254 e. The average molecular weight is 324 g/mol. The Morgan fingerprint density at radius 2 is 1.92 bits per heavy atom. The maximum Gasteiger partial charge on any atom is 0.254 e. The Bertz CT molecular complexity index is 710. The van der Waals surface area contributed by atoms with E-state index in [4.69, 9.17) is 0 Å². The molecule has 24 heavy (non-hydrogen) atoms. The highest BCUT2D eigenvalue weighted by molar-refractivity contribution is 5.93. The number of hydrogen-bond donors (Lipinski definition) is 2. The van der Waals surface area contributed by atoms with Crippen LogP contribution in [0.5, 0.6) is 0 Å². The molecule has 2 aromatic heterocycles. The molecule has 2 aliphatic rings. The molecule has 6 nitrogen and oxygen atoms in total. The molecule has 0 saturated heterocycles. The standard InChI is InChI=1S/C18H20N4O2/c23-14-7-12(8-14)16(15-3-1-2-6-19-15)22-18(24)13-9-20-17(21-10-13)11-4-5-11/h1-3,6,9-12,14,16,23H,4-5,7-8H2,(H,22,24). The predicted octanol–water partition coefficient (Wildman–Crippen LogP) is 1.99. The number of aliphatic hydroxyl groups is 1. The highest BCUT2D eigenvalue weighted by Gasteiger charge is 2.36. The summed E-state index contributed by atoms with van der Waals surface area (Å²) in [5.41, 5.74) is 1.28. The zero-order valence-corrected chi connectivity index (χ0v) is 13.3. The second-order valence-corrected chi connectivity index (χ2v) is 6.70. The summed E-state index contributed by atoms with van der Waals surface area (Å²) < 4.78 is 0. The normalized spacial score (nSPS) is 24.0. The number of amides is 1. The molecule has 0 aromatic carbocycles. The Morgan fingerprint density at radius 3 is 2.50 bits per heavy atom. The molecule has 2 saturated carbocycles. The lowest BCUT2D eigenvalue weighted by Crippen LogP contribution is -2.41. The summed E-state index contributed by atoms with van der Waals surface area (Å²) in [5.74, 6) is 1.30. The van der Waals surface area contributed by atoms with Crippen LogP contribution in [-0.4, -0.2) is 32.1 Å². The van der Waals surface area contributed by atoms with E-state index in [9.17, 15) is 9.90 Å². The molecule has 1 atom stereocenters. The van der Waals surface area contributed by atoms with Crippen molar-refractivity contribution in [2.45, 2.75) is 43.7 Å². The molecule has 2 aromatic rings. The maximum atomic E-state index is 12.6. The number of nitrogens with zero attached hydrogens (tertiary/aromatic N) is 3. The lowest BCUT2D eigenvalue weighted by atomic mass is 9.76. The van der Waals surface area contributed by atoms with Crippen LogP contribution in [0, 0.1) is 5.92 Å². The fraction of sp³-hybridized carbons (Fsp3) is 0.444. The highest BCUT2D eigenvalue weighted by atomic mass is 16.3. The van der Waals surface area contributed by atoms with Gasteiger partial charge in [-0.1, -0.05) is 6.07 Å². The van der Waals surface area contributed by atoms with E-state index in [2.05, 4.69) is 20.3 Å². The quantitative estimate of drug-likeness (QED) is 0.878. The minimum atomic E-state index is -0.278. The molecular formula is C18H20N4O2. The first kappa shape index (κ1) is 15.2. The van der Waals surface area contributed by atoms with Crippen LogP contribution in [0.1, 0.15) is 59.5 Å². The zero-order chi connectivity index (χ0) is 16.5. The molecule has 2 fully saturated rings. The van der Waals surface area contributed by atoms with Crippen LogP contribution in [0.25, 0.3) is 0 Å². The molecule has 0 radical (unpaired) electrons. The van der Waals surface area contributed by atoms with E-state index in [1.165, 1.54) is 0 Å². The summed E-state index contributed by atoms with van der Waals surface area (Å²) in [6, 6.07) is 5.46. The van der Waals surface area contributed by atoms with Crippen LogP contribution in [-0.2, 0) is 0 Å². The van der Waals surface area contributed by atoms with Crippen molar-refractivity contribution < 1.29 is 9.90 Å². The fourth-order valence-electron chi connectivity index (χ4n) is 3.13. The van der Waals surface area contributed by atoms with E-state index < -0.39 is 0 Å². The van der Waals surface area contributed by atoms with Gasteiger partial charge in [0.25, 0.3) is 5.91 Å². The van der Waals surface area contributed by atoms with Gasteiger partial charge in [0.05, 0.1) is 23.4 Å². The molecule has 0 spiro atoms. The highest BCUT2D eigenvalue weighted by Crippen LogP contribution is 2.38. The van der Waals surface area contributed by atoms with Crippen molar-refractivity contribution in [2.75, 3.05) is 0 Å². The topological polar surface area (TPSA) is 88.0 Å². The van der Waals surface area contributed by atoms with Crippen molar-refractivity contribution in [1.29, 1.82) is 0 Å². The summed E-state index contributed by atoms with van der Waals surface area (Å²) >= 11 is 0. The first-order valence-corrected chi connectivity index (χ1v) is 8.42. The van der Waals surface area contributed by atoms with Crippen LogP contribution in [0.4, 0.5) is 0 Å². The number of aromatic nitrogens is 3. The third-order valence-corrected chi connectivity index (χ3v) is 4.79. The Hall–Kier alpha value is -2.34. The Kier molecular flexibility index (Phi) is 3.98. The molecule has 2 aliphatic carbocycles. The number of aliphatic hydroxyl groups excluding tert-OH is 1. The van der Waals surface area contributed by atoms with Crippen LogP contribution in [0.15, 0.2) is 36.8 Å². The van der Waals surface area contributed by atoms with Gasteiger partial charge in [0, 0.05) is 24.5 Å². The second kappa shape index (κ2) is 6.28. The molecule has 1 unspecified atom stereocenters. The third-order valence-electron chi connectivity index (χ3n) is 4.79. The lowest BCUT2D eigenvalue weighted by molar-refractivity contribution is 0.0228. The molecular weight excluding hydrogens is 304 g/mol. The van der Waals surface area contributed by atoms with Gasteiger partial charge < -0.3 is 10.4 Å². The van der Waals surface area contributed by atoms with Gasteiger partial charge in [-0.25, -0.2) is 9.97 Å². The lowest BCUT2D eigenvalue weighted by Gasteiger charge is -2.37. The van der Waals surface area contributed by atoms with Crippen molar-refractivity contribution in [3.8, 4) is 0 Å². The number of nitrogens with one attached hydrogen (secondary N) is 1. The van der Waals surface area contributed by atoms with E-state index in [1.807, 2.05) is 18.2 Å². The molecule has 4 rings (SSSR count). The van der Waals surface area contributed by atoms with Crippen molar-refractivity contribution in [3.63, 3.8) is 0 Å². The van der Waals surface area contributed by atoms with Gasteiger partial charge in [-0.05, 0) is 43.7 Å².